The van der Waals surface area contributed by atoms with E-state index in [1.807, 2.05) is 67.3 Å². The van der Waals surface area contributed by atoms with Crippen molar-refractivity contribution in [3.8, 4) is 0 Å². The van der Waals surface area contributed by atoms with E-state index in [9.17, 15) is 9.59 Å². The van der Waals surface area contributed by atoms with E-state index in [0.29, 0.717) is 25.2 Å². The first kappa shape index (κ1) is 20.0. The Morgan fingerprint density at radius 2 is 1.93 bits per heavy atom. The van der Waals surface area contributed by atoms with Gasteiger partial charge in [0.2, 0.25) is 5.91 Å². The summed E-state index contributed by atoms with van der Waals surface area (Å²) in [5.41, 5.74) is 3.42. The zero-order valence-electron chi connectivity index (χ0n) is 17.4. The molecule has 1 atom stereocenters. The molecule has 2 amide bonds. The Bertz CT molecular complexity index is 1020. The van der Waals surface area contributed by atoms with Gasteiger partial charge in [-0.15, -0.1) is 0 Å². The highest BCUT2D eigenvalue weighted by molar-refractivity contribution is 5.97. The molecule has 0 aliphatic carbocycles. The molecule has 0 radical (unpaired) electrons. The van der Waals surface area contributed by atoms with E-state index >= 15 is 0 Å². The molecule has 1 aliphatic heterocycles. The number of amides is 2. The summed E-state index contributed by atoms with van der Waals surface area (Å²) >= 11 is 0. The molecule has 6 nitrogen and oxygen atoms in total. The van der Waals surface area contributed by atoms with Gasteiger partial charge < -0.3 is 19.2 Å². The number of likely N-dealkylation sites (tertiary alicyclic amines) is 1. The van der Waals surface area contributed by atoms with E-state index in [2.05, 4.69) is 9.88 Å². The molecule has 0 spiro atoms. The number of anilines is 1. The van der Waals surface area contributed by atoms with E-state index in [4.69, 9.17) is 4.42 Å². The largest absolute Gasteiger partial charge is 0.467 e. The second-order valence-corrected chi connectivity index (χ2v) is 7.90. The third-order valence-electron chi connectivity index (χ3n) is 5.82. The lowest BCUT2D eigenvalue weighted by Gasteiger charge is -2.32. The summed E-state index contributed by atoms with van der Waals surface area (Å²) in [6.45, 7) is 5.68. The third kappa shape index (κ3) is 4.17. The zero-order valence-corrected chi connectivity index (χ0v) is 17.4. The second kappa shape index (κ2) is 8.61. The fourth-order valence-corrected chi connectivity index (χ4v) is 4.13. The summed E-state index contributed by atoms with van der Waals surface area (Å²) in [7, 11) is 0. The van der Waals surface area contributed by atoms with Gasteiger partial charge in [0.05, 0.1) is 24.3 Å². The standard InChI is InChI=1S/C24H27N3O3/c1-17-14-22(18(2)27(17)16-21-11-7-13-30-21)24(29)26-12-6-8-19(15-26)23(28)25-20-9-4-3-5-10-20/h3-5,7,9-11,13-14,19H,6,8,12,15-16H2,1-2H3,(H,25,28). The average molecular weight is 405 g/mol. The van der Waals surface area contributed by atoms with Crippen molar-refractivity contribution in [2.45, 2.75) is 33.2 Å². The highest BCUT2D eigenvalue weighted by atomic mass is 16.3. The smallest absolute Gasteiger partial charge is 0.255 e. The first-order valence-corrected chi connectivity index (χ1v) is 10.4. The maximum atomic E-state index is 13.3. The van der Waals surface area contributed by atoms with Gasteiger partial charge in [-0.2, -0.15) is 0 Å². The van der Waals surface area contributed by atoms with Gasteiger partial charge in [-0.25, -0.2) is 0 Å². The molecule has 1 aromatic carbocycles. The molecule has 1 unspecified atom stereocenters. The van der Waals surface area contributed by atoms with E-state index in [-0.39, 0.29) is 17.7 Å². The number of furan rings is 1. The van der Waals surface area contributed by atoms with Crippen LogP contribution in [0.3, 0.4) is 0 Å². The van der Waals surface area contributed by atoms with Gasteiger partial charge in [0.25, 0.3) is 5.91 Å². The van der Waals surface area contributed by atoms with Crippen molar-refractivity contribution >= 4 is 17.5 Å². The topological polar surface area (TPSA) is 67.5 Å². The van der Waals surface area contributed by atoms with Gasteiger partial charge in [0.15, 0.2) is 0 Å². The number of carbonyl (C=O) groups excluding carboxylic acids is 2. The Hall–Kier alpha value is -3.28. The van der Waals surface area contributed by atoms with Gasteiger partial charge in [0, 0.05) is 30.2 Å². The van der Waals surface area contributed by atoms with E-state index in [0.717, 1.165) is 35.7 Å². The van der Waals surface area contributed by atoms with Crippen LogP contribution in [0.25, 0.3) is 0 Å². The molecule has 3 heterocycles. The minimum Gasteiger partial charge on any atom is -0.467 e. The summed E-state index contributed by atoms with van der Waals surface area (Å²) in [6, 6.07) is 15.2. The lowest BCUT2D eigenvalue weighted by atomic mass is 9.96. The quantitative estimate of drug-likeness (QED) is 0.690. The third-order valence-corrected chi connectivity index (χ3v) is 5.82. The molecular weight excluding hydrogens is 378 g/mol. The molecule has 0 bridgehead atoms. The number of aryl methyl sites for hydroxylation is 1. The number of para-hydroxylation sites is 1. The molecular formula is C24H27N3O3. The monoisotopic (exact) mass is 405 g/mol. The minimum absolute atomic E-state index is 0.00833. The van der Waals surface area contributed by atoms with Gasteiger partial charge in [0.1, 0.15) is 5.76 Å². The van der Waals surface area contributed by atoms with Crippen LogP contribution < -0.4 is 5.32 Å². The number of hydrogen-bond acceptors (Lipinski definition) is 3. The number of carbonyl (C=O) groups is 2. The van der Waals surface area contributed by atoms with Crippen molar-refractivity contribution in [2.24, 2.45) is 5.92 Å². The van der Waals surface area contributed by atoms with E-state index in [1.165, 1.54) is 0 Å². The molecule has 4 rings (SSSR count). The number of aromatic nitrogens is 1. The number of nitrogens with one attached hydrogen (secondary N) is 1. The lowest BCUT2D eigenvalue weighted by molar-refractivity contribution is -0.121. The van der Waals surface area contributed by atoms with Crippen LogP contribution in [0.15, 0.2) is 59.2 Å². The van der Waals surface area contributed by atoms with Crippen LogP contribution in [0, 0.1) is 19.8 Å². The highest BCUT2D eigenvalue weighted by Crippen LogP contribution is 2.24. The normalized spacial score (nSPS) is 16.5. The number of piperidine rings is 1. The molecule has 30 heavy (non-hydrogen) atoms. The maximum Gasteiger partial charge on any atom is 0.255 e. The fourth-order valence-electron chi connectivity index (χ4n) is 4.13. The average Bonchev–Trinajstić information content (AvgIpc) is 3.38. The second-order valence-electron chi connectivity index (χ2n) is 7.90. The van der Waals surface area contributed by atoms with E-state index in [1.54, 1.807) is 6.26 Å². The SMILES string of the molecule is Cc1cc(C(=O)N2CCCC(C(=O)Nc3ccccc3)C2)c(C)n1Cc1ccco1. The van der Waals surface area contributed by atoms with Gasteiger partial charge in [-0.05, 0) is 57.0 Å². The molecule has 1 fully saturated rings. The van der Waals surface area contributed by atoms with Crippen LogP contribution >= 0.6 is 0 Å². The number of benzene rings is 1. The van der Waals surface area contributed by atoms with E-state index < -0.39 is 0 Å². The van der Waals surface area contributed by atoms with Crippen molar-refractivity contribution in [2.75, 3.05) is 18.4 Å². The van der Waals surface area contributed by atoms with Crippen LogP contribution in [0.4, 0.5) is 5.69 Å². The Labute approximate surface area is 176 Å². The molecule has 3 aromatic rings. The molecule has 2 aromatic heterocycles. The van der Waals surface area contributed by atoms with Crippen LogP contribution in [0.5, 0.6) is 0 Å². The Morgan fingerprint density at radius 3 is 2.67 bits per heavy atom. The fraction of sp³-hybridized carbons (Fsp3) is 0.333. The van der Waals surface area contributed by atoms with Crippen LogP contribution in [0.2, 0.25) is 0 Å². The van der Waals surface area contributed by atoms with Gasteiger partial charge >= 0.3 is 0 Å². The van der Waals surface area contributed by atoms with Crippen LogP contribution in [0.1, 0.15) is 40.3 Å². The van der Waals surface area contributed by atoms with Crippen molar-refractivity contribution in [3.05, 3.63) is 77.5 Å². The summed E-state index contributed by atoms with van der Waals surface area (Å²) < 4.78 is 7.55. The first-order valence-electron chi connectivity index (χ1n) is 10.4. The first-order chi connectivity index (χ1) is 14.5. The lowest BCUT2D eigenvalue weighted by Crippen LogP contribution is -2.43. The summed E-state index contributed by atoms with van der Waals surface area (Å²) in [5, 5.41) is 2.97. The zero-order chi connectivity index (χ0) is 21.1. The van der Waals surface area contributed by atoms with Crippen molar-refractivity contribution < 1.29 is 14.0 Å². The molecule has 1 N–H and O–H groups in total. The van der Waals surface area contributed by atoms with Gasteiger partial charge in [-0.1, -0.05) is 18.2 Å². The minimum atomic E-state index is -0.200. The number of nitrogens with zero attached hydrogens (tertiary/aromatic N) is 2. The van der Waals surface area contributed by atoms with Crippen molar-refractivity contribution in [3.63, 3.8) is 0 Å². The highest BCUT2D eigenvalue weighted by Gasteiger charge is 2.30. The molecule has 0 saturated carbocycles. The summed E-state index contributed by atoms with van der Waals surface area (Å²) in [6.07, 6.45) is 3.27. The predicted molar refractivity (Wildman–Crippen MR) is 115 cm³/mol. The number of rotatable bonds is 5. The molecule has 1 aliphatic rings. The Balaban J connectivity index is 1.46. The van der Waals surface area contributed by atoms with Crippen molar-refractivity contribution in [1.82, 2.24) is 9.47 Å². The van der Waals surface area contributed by atoms with Crippen LogP contribution in [-0.4, -0.2) is 34.4 Å². The van der Waals surface area contributed by atoms with Crippen LogP contribution in [-0.2, 0) is 11.3 Å². The predicted octanol–water partition coefficient (Wildman–Crippen LogP) is 4.24. The summed E-state index contributed by atoms with van der Waals surface area (Å²) in [5.74, 6) is 0.619. The molecule has 1 saturated heterocycles. The Morgan fingerprint density at radius 1 is 1.13 bits per heavy atom. The number of hydrogen-bond donors (Lipinski definition) is 1. The molecule has 156 valence electrons. The maximum absolute atomic E-state index is 13.3. The van der Waals surface area contributed by atoms with Crippen molar-refractivity contribution in [1.29, 1.82) is 0 Å². The molecule has 6 heteroatoms. The Kier molecular flexibility index (Phi) is 5.74. The summed E-state index contributed by atoms with van der Waals surface area (Å²) in [4.78, 5) is 27.8. The van der Waals surface area contributed by atoms with Gasteiger partial charge in [-0.3, -0.25) is 9.59 Å².